The van der Waals surface area contributed by atoms with Crippen molar-refractivity contribution < 1.29 is 4.74 Å². The molecule has 1 aliphatic heterocycles. The molecule has 0 aromatic heterocycles. The van der Waals surface area contributed by atoms with Gasteiger partial charge in [0.25, 0.3) is 0 Å². The van der Waals surface area contributed by atoms with Crippen LogP contribution in [0.25, 0.3) is 0 Å². The first-order chi connectivity index (χ1) is 4.91. The van der Waals surface area contributed by atoms with Crippen LogP contribution in [-0.2, 0) is 4.74 Å². The zero-order valence-electron chi connectivity index (χ0n) is 7.85. The Morgan fingerprint density at radius 3 is 2.27 bits per heavy atom. The minimum atomic E-state index is 0.141. The standard InChI is InChI=1S/C9H17NO/c1-7-6-10(8(2)11-7)9(3,4)5/h7H,2,6H2,1,3-5H3. The van der Waals surface area contributed by atoms with E-state index in [1.165, 1.54) is 0 Å². The third-order valence-corrected chi connectivity index (χ3v) is 1.89. The van der Waals surface area contributed by atoms with Crippen LogP contribution < -0.4 is 0 Å². The van der Waals surface area contributed by atoms with Gasteiger partial charge in [-0.05, 0) is 34.3 Å². The topological polar surface area (TPSA) is 12.5 Å². The molecular weight excluding hydrogens is 138 g/mol. The highest BCUT2D eigenvalue weighted by atomic mass is 16.5. The van der Waals surface area contributed by atoms with Crippen LogP contribution in [0.15, 0.2) is 12.5 Å². The largest absolute Gasteiger partial charge is 0.475 e. The molecule has 1 heterocycles. The van der Waals surface area contributed by atoms with Crippen LogP contribution in [0.4, 0.5) is 0 Å². The van der Waals surface area contributed by atoms with Gasteiger partial charge in [0, 0.05) is 5.54 Å². The SMILES string of the molecule is C=C1OC(C)CN1C(C)(C)C. The van der Waals surface area contributed by atoms with E-state index in [2.05, 4.69) is 39.2 Å². The molecule has 1 fully saturated rings. The van der Waals surface area contributed by atoms with Gasteiger partial charge in [0.2, 0.25) is 0 Å². The number of ether oxygens (including phenoxy) is 1. The van der Waals surface area contributed by atoms with Gasteiger partial charge in [-0.15, -0.1) is 0 Å². The van der Waals surface area contributed by atoms with Crippen LogP contribution in [0.3, 0.4) is 0 Å². The molecule has 2 heteroatoms. The van der Waals surface area contributed by atoms with E-state index in [0.29, 0.717) is 6.10 Å². The molecule has 1 rings (SSSR count). The maximum absolute atomic E-state index is 5.43. The van der Waals surface area contributed by atoms with Gasteiger partial charge < -0.3 is 9.64 Å². The lowest BCUT2D eigenvalue weighted by molar-refractivity contribution is 0.150. The summed E-state index contributed by atoms with van der Waals surface area (Å²) in [6.45, 7) is 13.4. The summed E-state index contributed by atoms with van der Waals surface area (Å²) in [5.74, 6) is 0.810. The van der Waals surface area contributed by atoms with Crippen molar-refractivity contribution in [2.75, 3.05) is 6.54 Å². The Bertz CT molecular complexity index is 169. The van der Waals surface area contributed by atoms with Gasteiger partial charge in [0.15, 0.2) is 5.88 Å². The molecule has 11 heavy (non-hydrogen) atoms. The fraction of sp³-hybridized carbons (Fsp3) is 0.778. The van der Waals surface area contributed by atoms with Crippen molar-refractivity contribution in [2.45, 2.75) is 39.3 Å². The highest BCUT2D eigenvalue weighted by molar-refractivity contribution is 4.98. The Hall–Kier alpha value is -0.660. The van der Waals surface area contributed by atoms with E-state index >= 15 is 0 Å². The summed E-state index contributed by atoms with van der Waals surface area (Å²) in [5, 5.41) is 0. The minimum absolute atomic E-state index is 0.141. The summed E-state index contributed by atoms with van der Waals surface area (Å²) >= 11 is 0. The predicted octanol–water partition coefficient (Wildman–Crippen LogP) is 1.98. The number of hydrogen-bond acceptors (Lipinski definition) is 2. The summed E-state index contributed by atoms with van der Waals surface area (Å²) in [6.07, 6.45) is 0.293. The lowest BCUT2D eigenvalue weighted by atomic mass is 10.1. The first kappa shape index (κ1) is 8.44. The van der Waals surface area contributed by atoms with E-state index in [-0.39, 0.29) is 5.54 Å². The van der Waals surface area contributed by atoms with Crippen molar-refractivity contribution in [1.29, 1.82) is 0 Å². The fourth-order valence-electron chi connectivity index (χ4n) is 1.34. The summed E-state index contributed by atoms with van der Waals surface area (Å²) in [6, 6.07) is 0. The molecule has 64 valence electrons. The Balaban J connectivity index is 2.68. The van der Waals surface area contributed by atoms with Crippen molar-refractivity contribution in [3.63, 3.8) is 0 Å². The average molecular weight is 155 g/mol. The summed E-state index contributed by atoms with van der Waals surface area (Å²) in [5.41, 5.74) is 0.141. The van der Waals surface area contributed by atoms with Crippen LogP contribution in [-0.4, -0.2) is 23.1 Å². The van der Waals surface area contributed by atoms with E-state index in [4.69, 9.17) is 4.74 Å². The number of rotatable bonds is 0. The Labute approximate surface area is 68.8 Å². The third kappa shape index (κ3) is 1.67. The molecule has 0 aromatic rings. The highest BCUT2D eigenvalue weighted by Gasteiger charge is 2.31. The zero-order chi connectivity index (χ0) is 8.65. The highest BCUT2D eigenvalue weighted by Crippen LogP contribution is 2.26. The average Bonchev–Trinajstić information content (AvgIpc) is 2.08. The maximum Gasteiger partial charge on any atom is 0.182 e. The van der Waals surface area contributed by atoms with E-state index in [1.807, 2.05) is 0 Å². The Morgan fingerprint density at radius 1 is 1.55 bits per heavy atom. The molecule has 0 amide bonds. The third-order valence-electron chi connectivity index (χ3n) is 1.89. The normalized spacial score (nSPS) is 25.6. The van der Waals surface area contributed by atoms with Crippen LogP contribution in [0.1, 0.15) is 27.7 Å². The van der Waals surface area contributed by atoms with Gasteiger partial charge in [-0.1, -0.05) is 0 Å². The van der Waals surface area contributed by atoms with Crippen molar-refractivity contribution in [3.05, 3.63) is 12.5 Å². The number of hydrogen-bond donors (Lipinski definition) is 0. The summed E-state index contributed by atoms with van der Waals surface area (Å²) in [7, 11) is 0. The second-order valence-electron chi connectivity index (χ2n) is 4.10. The molecule has 0 aromatic carbocycles. The van der Waals surface area contributed by atoms with Gasteiger partial charge in [-0.2, -0.15) is 0 Å². The molecule has 0 N–H and O–H groups in total. The molecule has 1 unspecified atom stereocenters. The van der Waals surface area contributed by atoms with Crippen molar-refractivity contribution in [3.8, 4) is 0 Å². The van der Waals surface area contributed by atoms with Crippen molar-refractivity contribution >= 4 is 0 Å². The van der Waals surface area contributed by atoms with Gasteiger partial charge in [-0.25, -0.2) is 0 Å². The molecule has 0 radical (unpaired) electrons. The molecule has 1 atom stereocenters. The maximum atomic E-state index is 5.43. The van der Waals surface area contributed by atoms with Gasteiger partial charge in [0.1, 0.15) is 6.10 Å². The molecule has 0 aliphatic carbocycles. The molecule has 0 spiro atoms. The number of nitrogens with zero attached hydrogens (tertiary/aromatic N) is 1. The molecule has 1 saturated heterocycles. The lowest BCUT2D eigenvalue weighted by Gasteiger charge is -2.31. The smallest absolute Gasteiger partial charge is 0.182 e. The Kier molecular flexibility index (Phi) is 1.87. The molecule has 1 aliphatic rings. The second kappa shape index (κ2) is 2.43. The second-order valence-corrected chi connectivity index (χ2v) is 4.10. The van der Waals surface area contributed by atoms with Gasteiger partial charge in [0.05, 0.1) is 6.54 Å². The van der Waals surface area contributed by atoms with Crippen molar-refractivity contribution in [2.24, 2.45) is 0 Å². The predicted molar refractivity (Wildman–Crippen MR) is 46.1 cm³/mol. The minimum Gasteiger partial charge on any atom is -0.475 e. The zero-order valence-corrected chi connectivity index (χ0v) is 7.85. The molecular formula is C9H17NO. The molecule has 0 saturated carbocycles. The van der Waals surface area contributed by atoms with Gasteiger partial charge >= 0.3 is 0 Å². The van der Waals surface area contributed by atoms with Crippen LogP contribution in [0.2, 0.25) is 0 Å². The van der Waals surface area contributed by atoms with E-state index in [1.54, 1.807) is 0 Å². The summed E-state index contributed by atoms with van der Waals surface area (Å²) in [4.78, 5) is 2.19. The Morgan fingerprint density at radius 2 is 2.09 bits per heavy atom. The van der Waals surface area contributed by atoms with Crippen LogP contribution >= 0.6 is 0 Å². The van der Waals surface area contributed by atoms with E-state index in [0.717, 1.165) is 12.4 Å². The van der Waals surface area contributed by atoms with E-state index < -0.39 is 0 Å². The monoisotopic (exact) mass is 155 g/mol. The van der Waals surface area contributed by atoms with Crippen molar-refractivity contribution in [1.82, 2.24) is 4.90 Å². The van der Waals surface area contributed by atoms with Crippen LogP contribution in [0.5, 0.6) is 0 Å². The summed E-state index contributed by atoms with van der Waals surface area (Å²) < 4.78 is 5.43. The first-order valence-electron chi connectivity index (χ1n) is 4.04. The van der Waals surface area contributed by atoms with Crippen LogP contribution in [0, 0.1) is 0 Å². The first-order valence-corrected chi connectivity index (χ1v) is 4.04. The quantitative estimate of drug-likeness (QED) is 0.530. The van der Waals surface area contributed by atoms with E-state index in [9.17, 15) is 0 Å². The molecule has 0 bridgehead atoms. The lowest BCUT2D eigenvalue weighted by Crippen LogP contribution is -2.38. The van der Waals surface area contributed by atoms with Gasteiger partial charge in [-0.3, -0.25) is 0 Å². The molecule has 2 nitrogen and oxygen atoms in total. The fourth-order valence-corrected chi connectivity index (χ4v) is 1.34.